The van der Waals surface area contributed by atoms with Gasteiger partial charge in [-0.05, 0) is 12.8 Å². The van der Waals surface area contributed by atoms with Crippen molar-refractivity contribution in [2.24, 2.45) is 11.8 Å². The maximum atomic E-state index is 3.81. The van der Waals surface area contributed by atoms with E-state index < -0.39 is 0 Å². The van der Waals surface area contributed by atoms with E-state index >= 15 is 0 Å². The van der Waals surface area contributed by atoms with Crippen LogP contribution in [0.4, 0.5) is 0 Å². The van der Waals surface area contributed by atoms with Gasteiger partial charge >= 0.3 is 48.9 Å². The molecule has 1 heteroatoms. The largest absolute Gasteiger partial charge is 2.00 e. The van der Waals surface area contributed by atoms with Crippen molar-refractivity contribution in [3.8, 4) is 0 Å². The Balaban J connectivity index is 0.000000642. The smallest absolute Gasteiger partial charge is 0.266 e. The zero-order chi connectivity index (χ0) is 25.3. The summed E-state index contributed by atoms with van der Waals surface area (Å²) in [6.07, 6.45) is 28.0. The summed E-state index contributed by atoms with van der Waals surface area (Å²) in [4.78, 5) is 0. The molecule has 2 rings (SSSR count). The number of hydrogen-bond acceptors (Lipinski definition) is 0. The van der Waals surface area contributed by atoms with Gasteiger partial charge in [-0.25, -0.2) is 11.1 Å². The number of allylic oxidation sites excluding steroid dienone is 8. The minimum atomic E-state index is 0. The zero-order valence-electron chi connectivity index (χ0n) is 25.2. The van der Waals surface area contributed by atoms with Gasteiger partial charge in [0, 0.05) is 0 Å². The van der Waals surface area contributed by atoms with Gasteiger partial charge in [-0.3, -0.25) is 12.2 Å². The van der Waals surface area contributed by atoms with Crippen molar-refractivity contribution in [1.29, 1.82) is 0 Å². The van der Waals surface area contributed by atoms with Gasteiger partial charge in [0.05, 0.1) is 0 Å². The predicted octanol–water partition coefficient (Wildman–Crippen LogP) is 11.3. The topological polar surface area (TPSA) is 0 Å². The standard InChI is InChI=1S/2C17H29.Ba/c2*1-5-9-14-13-15(10-6-2)17(12-8-4)16(14)11-7-3;/h2*14H,5-12H2,1-4H3;/q2*-1;+2. The van der Waals surface area contributed by atoms with Crippen LogP contribution in [0.3, 0.4) is 0 Å². The minimum absolute atomic E-state index is 0. The molecule has 2 atom stereocenters. The quantitative estimate of drug-likeness (QED) is 0.122. The molecule has 2 aliphatic rings. The monoisotopic (exact) mass is 604 g/mol. The van der Waals surface area contributed by atoms with Gasteiger partial charge in [0.15, 0.2) is 0 Å². The Morgan fingerprint density at radius 1 is 0.429 bits per heavy atom. The molecule has 0 aromatic carbocycles. The summed E-state index contributed by atoms with van der Waals surface area (Å²) in [7, 11) is 0. The normalized spacial score (nSPS) is 19.4. The van der Waals surface area contributed by atoms with Crippen LogP contribution in [0.1, 0.15) is 158 Å². The van der Waals surface area contributed by atoms with E-state index in [4.69, 9.17) is 0 Å². The Morgan fingerprint density at radius 2 is 0.743 bits per heavy atom. The average molecular weight is 604 g/mol. The molecule has 0 N–H and O–H groups in total. The van der Waals surface area contributed by atoms with Crippen molar-refractivity contribution in [3.05, 3.63) is 45.6 Å². The molecule has 0 saturated heterocycles. The summed E-state index contributed by atoms with van der Waals surface area (Å²) >= 11 is 0. The van der Waals surface area contributed by atoms with E-state index in [1.165, 1.54) is 103 Å². The third kappa shape index (κ3) is 11.4. The first kappa shape index (κ1) is 35.5. The fraction of sp³-hybridized carbons (Fsp3) is 0.765. The van der Waals surface area contributed by atoms with Crippen LogP contribution in [-0.4, -0.2) is 48.9 Å². The van der Waals surface area contributed by atoms with Crippen molar-refractivity contribution >= 4 is 48.9 Å². The average Bonchev–Trinajstić information content (AvgIpc) is 3.29. The molecular formula is C34H58Ba. The summed E-state index contributed by atoms with van der Waals surface area (Å²) < 4.78 is 0. The maximum absolute atomic E-state index is 3.81. The SMILES string of the molecule is CCCC1=[C-]C(CCC)C(CCC)=C1CCC.CCCC1=[C-]C(CCC)C(CCC)=C1CCC.[Ba+2]. The summed E-state index contributed by atoms with van der Waals surface area (Å²) in [6, 6.07) is 0. The molecule has 2 unspecified atom stereocenters. The molecule has 0 radical (unpaired) electrons. The minimum Gasteiger partial charge on any atom is -0.266 e. The number of rotatable bonds is 16. The fourth-order valence-electron chi connectivity index (χ4n) is 5.91. The molecule has 0 heterocycles. The number of hydrogen-bond donors (Lipinski definition) is 0. The van der Waals surface area contributed by atoms with E-state index in [-0.39, 0.29) is 48.9 Å². The third-order valence-electron chi connectivity index (χ3n) is 7.24. The van der Waals surface area contributed by atoms with Crippen LogP contribution in [0.25, 0.3) is 0 Å². The van der Waals surface area contributed by atoms with Gasteiger partial charge in [-0.15, -0.1) is 0 Å². The Bertz CT molecular complexity index is 627. The third-order valence-corrected chi connectivity index (χ3v) is 7.24. The molecule has 35 heavy (non-hydrogen) atoms. The predicted molar refractivity (Wildman–Crippen MR) is 160 cm³/mol. The van der Waals surface area contributed by atoms with Gasteiger partial charge in [0.2, 0.25) is 0 Å². The van der Waals surface area contributed by atoms with Crippen LogP contribution in [-0.2, 0) is 0 Å². The van der Waals surface area contributed by atoms with E-state index in [1.807, 2.05) is 0 Å². The van der Waals surface area contributed by atoms with E-state index in [2.05, 4.69) is 67.5 Å². The van der Waals surface area contributed by atoms with Gasteiger partial charge in [0.25, 0.3) is 0 Å². The summed E-state index contributed by atoms with van der Waals surface area (Å²) in [5, 5.41) is 0. The van der Waals surface area contributed by atoms with E-state index in [9.17, 15) is 0 Å². The van der Waals surface area contributed by atoms with Crippen molar-refractivity contribution in [2.45, 2.75) is 158 Å². The van der Waals surface area contributed by atoms with E-state index in [1.54, 1.807) is 33.4 Å². The summed E-state index contributed by atoms with van der Waals surface area (Å²) in [5.41, 5.74) is 9.98. The van der Waals surface area contributed by atoms with Gasteiger partial charge < -0.3 is 0 Å². The van der Waals surface area contributed by atoms with Gasteiger partial charge in [-0.2, -0.15) is 22.3 Å². The zero-order valence-corrected chi connectivity index (χ0v) is 29.6. The molecule has 0 aromatic heterocycles. The molecule has 0 saturated carbocycles. The van der Waals surface area contributed by atoms with Crippen molar-refractivity contribution in [2.75, 3.05) is 0 Å². The van der Waals surface area contributed by atoms with Crippen LogP contribution >= 0.6 is 0 Å². The molecule has 2 aliphatic carbocycles. The molecule has 0 aromatic rings. The van der Waals surface area contributed by atoms with Crippen molar-refractivity contribution in [1.82, 2.24) is 0 Å². The summed E-state index contributed by atoms with van der Waals surface area (Å²) in [6.45, 7) is 18.4. The Labute approximate surface area is 262 Å². The molecule has 0 spiro atoms. The van der Waals surface area contributed by atoms with E-state index in [0.717, 1.165) is 0 Å². The first-order valence-electron chi connectivity index (χ1n) is 15.2. The van der Waals surface area contributed by atoms with Crippen LogP contribution in [0.15, 0.2) is 33.4 Å². The van der Waals surface area contributed by atoms with Gasteiger partial charge in [-0.1, -0.05) is 157 Å². The Kier molecular flexibility index (Phi) is 21.8. The second-order valence-electron chi connectivity index (χ2n) is 10.4. The van der Waals surface area contributed by atoms with Crippen LogP contribution in [0.5, 0.6) is 0 Å². The maximum Gasteiger partial charge on any atom is 2.00 e. The van der Waals surface area contributed by atoms with Crippen LogP contribution < -0.4 is 0 Å². The first-order chi connectivity index (χ1) is 16.6. The molecule has 0 bridgehead atoms. The van der Waals surface area contributed by atoms with Gasteiger partial charge in [0.1, 0.15) is 0 Å². The van der Waals surface area contributed by atoms with Crippen LogP contribution in [0.2, 0.25) is 0 Å². The second kappa shape index (κ2) is 21.5. The van der Waals surface area contributed by atoms with E-state index in [0.29, 0.717) is 11.8 Å². The molecule has 0 nitrogen and oxygen atoms in total. The Hall–Kier alpha value is 0.531. The Morgan fingerprint density at radius 3 is 1.00 bits per heavy atom. The molecule has 0 aliphatic heterocycles. The fourth-order valence-corrected chi connectivity index (χ4v) is 5.91. The van der Waals surface area contributed by atoms with Crippen molar-refractivity contribution < 1.29 is 0 Å². The second-order valence-corrected chi connectivity index (χ2v) is 10.4. The summed E-state index contributed by atoms with van der Waals surface area (Å²) in [5.74, 6) is 1.31. The molecule has 0 fully saturated rings. The molecule has 0 amide bonds. The molecule has 196 valence electrons. The van der Waals surface area contributed by atoms with Crippen LogP contribution in [0, 0.1) is 24.0 Å². The first-order valence-corrected chi connectivity index (χ1v) is 15.2. The molecular weight excluding hydrogens is 546 g/mol. The van der Waals surface area contributed by atoms with Crippen molar-refractivity contribution in [3.63, 3.8) is 0 Å².